The second-order valence-corrected chi connectivity index (χ2v) is 15.7. The molecule has 0 bridgehead atoms. The molecule has 56 heavy (non-hydrogen) atoms. The Morgan fingerprint density at radius 2 is 0.929 bits per heavy atom. The third kappa shape index (κ3) is 4.63. The second-order valence-electron chi connectivity index (χ2n) is 15.7. The molecule has 0 atom stereocenters. The third-order valence-electron chi connectivity index (χ3n) is 12.3. The molecule has 2 heteroatoms. The van der Waals surface area contributed by atoms with E-state index in [4.69, 9.17) is 9.97 Å². The summed E-state index contributed by atoms with van der Waals surface area (Å²) in [6.07, 6.45) is 0. The van der Waals surface area contributed by atoms with Crippen LogP contribution in [0.5, 0.6) is 0 Å². The zero-order chi connectivity index (χ0) is 37.4. The fourth-order valence-electron chi connectivity index (χ4n) is 9.90. The molecule has 1 heterocycles. The minimum absolute atomic E-state index is 0.190. The zero-order valence-corrected chi connectivity index (χ0v) is 31.4. The molecule has 0 N–H and O–H groups in total. The van der Waals surface area contributed by atoms with E-state index in [0.717, 1.165) is 39.1 Å². The van der Waals surface area contributed by atoms with Gasteiger partial charge in [0, 0.05) is 21.9 Å². The van der Waals surface area contributed by atoms with Gasteiger partial charge >= 0.3 is 0 Å². The summed E-state index contributed by atoms with van der Waals surface area (Å²) in [5.41, 5.74) is 18.6. The van der Waals surface area contributed by atoms with E-state index >= 15 is 0 Å². The highest BCUT2D eigenvalue weighted by Gasteiger charge is 2.46. The van der Waals surface area contributed by atoms with E-state index in [1.54, 1.807) is 0 Å². The van der Waals surface area contributed by atoms with Crippen LogP contribution in [-0.2, 0) is 10.8 Å². The Morgan fingerprint density at radius 1 is 0.375 bits per heavy atom. The summed E-state index contributed by atoms with van der Waals surface area (Å²) in [7, 11) is 0. The molecule has 1 aromatic heterocycles. The van der Waals surface area contributed by atoms with Gasteiger partial charge in [-0.3, -0.25) is 0 Å². The molecule has 9 aromatic rings. The third-order valence-corrected chi connectivity index (χ3v) is 12.3. The van der Waals surface area contributed by atoms with Gasteiger partial charge in [0.2, 0.25) is 0 Å². The number of rotatable bonds is 5. The lowest BCUT2D eigenvalue weighted by atomic mass is 9.67. The van der Waals surface area contributed by atoms with Gasteiger partial charge in [0.05, 0.1) is 16.6 Å². The van der Waals surface area contributed by atoms with E-state index in [1.807, 2.05) is 0 Å². The summed E-state index contributed by atoms with van der Waals surface area (Å²) >= 11 is 0. The SMILES string of the molecule is CC1(C)c2ccccc2-c2ccc3nc(-c4cccc(-c5ccc6c(c5)-c5ccccc5C6(c5ccccc5)c5ccccc5)c4)nc(-c4ccccc4)c3c21. The van der Waals surface area contributed by atoms with Gasteiger partial charge in [-0.1, -0.05) is 190 Å². The summed E-state index contributed by atoms with van der Waals surface area (Å²) in [4.78, 5) is 10.8. The molecule has 0 radical (unpaired) electrons. The minimum atomic E-state index is -0.419. The molecule has 2 aliphatic carbocycles. The minimum Gasteiger partial charge on any atom is -0.228 e. The maximum Gasteiger partial charge on any atom is 0.160 e. The van der Waals surface area contributed by atoms with Crippen LogP contribution >= 0.6 is 0 Å². The van der Waals surface area contributed by atoms with Gasteiger partial charge in [0.25, 0.3) is 0 Å². The van der Waals surface area contributed by atoms with Gasteiger partial charge in [-0.15, -0.1) is 0 Å². The number of hydrogen-bond acceptors (Lipinski definition) is 2. The van der Waals surface area contributed by atoms with E-state index in [-0.39, 0.29) is 5.41 Å². The molecular formula is C54H38N2. The maximum absolute atomic E-state index is 5.44. The highest BCUT2D eigenvalue weighted by Crippen LogP contribution is 2.57. The Balaban J connectivity index is 1.08. The van der Waals surface area contributed by atoms with Crippen molar-refractivity contribution >= 4 is 10.9 Å². The molecule has 264 valence electrons. The largest absolute Gasteiger partial charge is 0.228 e. The summed E-state index contributed by atoms with van der Waals surface area (Å²) in [5.74, 6) is 0.727. The highest BCUT2D eigenvalue weighted by atomic mass is 14.9. The van der Waals surface area contributed by atoms with Crippen molar-refractivity contribution < 1.29 is 0 Å². The predicted octanol–water partition coefficient (Wildman–Crippen LogP) is 13.3. The van der Waals surface area contributed by atoms with Crippen molar-refractivity contribution in [2.45, 2.75) is 24.7 Å². The standard InChI is InChI=1S/C54H38N2/c1-53(2)45-27-14-12-25-41(45)43-30-32-48-49(50(43)53)51(35-17-6-3-7-18-35)56-52(55-48)38-20-16-19-36(33-38)37-29-31-47-44(34-37)42-26-13-15-28-46(42)54(47,39-21-8-4-9-22-39)40-23-10-5-11-24-40/h3-34H,1-2H3. The van der Waals surface area contributed by atoms with E-state index < -0.39 is 5.41 Å². The van der Waals surface area contributed by atoms with Crippen molar-refractivity contribution in [2.24, 2.45) is 0 Å². The summed E-state index contributed by atoms with van der Waals surface area (Å²) in [5, 5.41) is 1.13. The van der Waals surface area contributed by atoms with Crippen LogP contribution in [0, 0.1) is 0 Å². The Labute approximate surface area is 327 Å². The number of nitrogens with zero attached hydrogens (tertiary/aromatic N) is 2. The first-order chi connectivity index (χ1) is 27.5. The Morgan fingerprint density at radius 3 is 1.64 bits per heavy atom. The van der Waals surface area contributed by atoms with Crippen LogP contribution in [0.25, 0.3) is 66.9 Å². The van der Waals surface area contributed by atoms with Gasteiger partial charge < -0.3 is 0 Å². The first-order valence-electron chi connectivity index (χ1n) is 19.5. The molecule has 0 saturated heterocycles. The molecule has 0 unspecified atom stereocenters. The molecule has 2 aliphatic rings. The fraction of sp³-hybridized carbons (Fsp3) is 0.0741. The van der Waals surface area contributed by atoms with Crippen molar-refractivity contribution in [3.63, 3.8) is 0 Å². The van der Waals surface area contributed by atoms with Crippen molar-refractivity contribution in [1.82, 2.24) is 9.97 Å². The number of aromatic nitrogens is 2. The van der Waals surface area contributed by atoms with Crippen LogP contribution in [0.2, 0.25) is 0 Å². The molecule has 2 nitrogen and oxygen atoms in total. The lowest BCUT2D eigenvalue weighted by Gasteiger charge is -2.33. The molecule has 11 rings (SSSR count). The quantitative estimate of drug-likeness (QED) is 0.177. The molecule has 0 amide bonds. The molecule has 0 spiro atoms. The first-order valence-corrected chi connectivity index (χ1v) is 19.5. The molecular weight excluding hydrogens is 677 g/mol. The zero-order valence-electron chi connectivity index (χ0n) is 31.4. The number of fused-ring (bicyclic) bond motifs is 8. The van der Waals surface area contributed by atoms with Crippen LogP contribution < -0.4 is 0 Å². The van der Waals surface area contributed by atoms with Crippen molar-refractivity contribution in [3.8, 4) is 56.0 Å². The lowest BCUT2D eigenvalue weighted by Crippen LogP contribution is -2.28. The normalized spacial score (nSPS) is 14.2. The Hall–Kier alpha value is -6.90. The first kappa shape index (κ1) is 32.5. The Bertz CT molecular complexity index is 2940. The topological polar surface area (TPSA) is 25.8 Å². The van der Waals surface area contributed by atoms with Gasteiger partial charge in [0.15, 0.2) is 5.82 Å². The number of benzene rings is 8. The van der Waals surface area contributed by atoms with Crippen LogP contribution in [0.15, 0.2) is 194 Å². The predicted molar refractivity (Wildman–Crippen MR) is 231 cm³/mol. The highest BCUT2D eigenvalue weighted by molar-refractivity contribution is 6.03. The van der Waals surface area contributed by atoms with Crippen LogP contribution in [0.3, 0.4) is 0 Å². The summed E-state index contributed by atoms with van der Waals surface area (Å²) in [6, 6.07) is 70.6. The van der Waals surface area contributed by atoms with E-state index in [0.29, 0.717) is 0 Å². The maximum atomic E-state index is 5.44. The molecule has 0 saturated carbocycles. The average molecular weight is 715 g/mol. The van der Waals surface area contributed by atoms with Crippen molar-refractivity contribution in [3.05, 3.63) is 228 Å². The molecule has 0 fully saturated rings. The van der Waals surface area contributed by atoms with Crippen molar-refractivity contribution in [1.29, 1.82) is 0 Å². The van der Waals surface area contributed by atoms with Gasteiger partial charge in [-0.05, 0) is 85.0 Å². The lowest BCUT2D eigenvalue weighted by molar-refractivity contribution is 0.666. The monoisotopic (exact) mass is 714 g/mol. The van der Waals surface area contributed by atoms with Gasteiger partial charge in [-0.2, -0.15) is 0 Å². The Kier molecular flexibility index (Phi) is 7.15. The van der Waals surface area contributed by atoms with Crippen LogP contribution in [0.1, 0.15) is 47.2 Å². The van der Waals surface area contributed by atoms with Crippen LogP contribution in [0.4, 0.5) is 0 Å². The second kappa shape index (κ2) is 12.3. The summed E-state index contributed by atoms with van der Waals surface area (Å²) in [6.45, 7) is 4.67. The number of hydrogen-bond donors (Lipinski definition) is 0. The summed E-state index contributed by atoms with van der Waals surface area (Å²) < 4.78 is 0. The average Bonchev–Trinajstić information content (AvgIpc) is 3.69. The van der Waals surface area contributed by atoms with Gasteiger partial charge in [0.1, 0.15) is 0 Å². The fourth-order valence-corrected chi connectivity index (χ4v) is 9.90. The van der Waals surface area contributed by atoms with Crippen LogP contribution in [-0.4, -0.2) is 9.97 Å². The molecule has 0 aliphatic heterocycles. The molecule has 8 aromatic carbocycles. The smallest absolute Gasteiger partial charge is 0.160 e. The van der Waals surface area contributed by atoms with Crippen molar-refractivity contribution in [2.75, 3.05) is 0 Å². The van der Waals surface area contributed by atoms with E-state index in [2.05, 4.69) is 208 Å². The van der Waals surface area contributed by atoms with Gasteiger partial charge in [-0.25, -0.2) is 9.97 Å². The van der Waals surface area contributed by atoms with E-state index in [1.165, 1.54) is 61.2 Å². The van der Waals surface area contributed by atoms with E-state index in [9.17, 15) is 0 Å².